The molecule has 1 saturated heterocycles. The molecule has 11 heteroatoms. The van der Waals surface area contributed by atoms with Crippen molar-refractivity contribution in [2.24, 2.45) is 7.05 Å². The number of unbranched alkanes of at least 4 members (excludes halogenated alkanes) is 1. The fourth-order valence-electron chi connectivity index (χ4n) is 5.17. The molecule has 4 aromatic rings. The molecule has 0 saturated carbocycles. The summed E-state index contributed by atoms with van der Waals surface area (Å²) in [6.45, 7) is 6.43. The highest BCUT2D eigenvalue weighted by molar-refractivity contribution is 6.05. The van der Waals surface area contributed by atoms with E-state index in [-0.39, 0.29) is 34.8 Å². The summed E-state index contributed by atoms with van der Waals surface area (Å²) in [7, 11) is 1.54. The lowest BCUT2D eigenvalue weighted by Crippen LogP contribution is -2.34. The number of nitrogens with zero attached hydrogens (tertiary/aromatic N) is 2. The molecule has 3 N–H and O–H groups in total. The normalized spacial score (nSPS) is 15.4. The maximum absolute atomic E-state index is 15.8. The van der Waals surface area contributed by atoms with Gasteiger partial charge in [0.1, 0.15) is 6.10 Å². The Bertz CT molecular complexity index is 1790. The second kappa shape index (κ2) is 14.1. The van der Waals surface area contributed by atoms with E-state index in [2.05, 4.69) is 27.9 Å². The van der Waals surface area contributed by atoms with Gasteiger partial charge in [0.25, 0.3) is 17.4 Å². The quantitative estimate of drug-likeness (QED) is 0.192. The summed E-state index contributed by atoms with van der Waals surface area (Å²) >= 11 is 0. The zero-order valence-electron chi connectivity index (χ0n) is 26.4. The zero-order chi connectivity index (χ0) is 32.8. The lowest BCUT2D eigenvalue weighted by Gasteiger charge is -2.17. The van der Waals surface area contributed by atoms with Gasteiger partial charge in [-0.05, 0) is 74.7 Å². The minimum Gasteiger partial charge on any atom is -0.349 e. The first-order chi connectivity index (χ1) is 22.0. The van der Waals surface area contributed by atoms with E-state index in [1.54, 1.807) is 49.5 Å². The Hall–Kier alpha value is -4.87. The minimum absolute atomic E-state index is 0.00236. The maximum atomic E-state index is 15.8. The Morgan fingerprint density at radius 3 is 2.52 bits per heavy atom. The molecule has 0 spiro atoms. The first-order valence-corrected chi connectivity index (χ1v) is 15.3. The molecule has 10 nitrogen and oxygen atoms in total. The van der Waals surface area contributed by atoms with Crippen LogP contribution in [0.25, 0.3) is 11.3 Å². The molecule has 0 radical (unpaired) electrons. The average molecular weight is 628 g/mol. The molecular formula is C35H38FN5O5. The van der Waals surface area contributed by atoms with Crippen LogP contribution in [0.3, 0.4) is 0 Å². The van der Waals surface area contributed by atoms with Crippen molar-refractivity contribution in [2.45, 2.75) is 51.9 Å². The van der Waals surface area contributed by atoms with E-state index in [1.165, 1.54) is 22.9 Å². The van der Waals surface area contributed by atoms with Gasteiger partial charge in [-0.1, -0.05) is 37.6 Å². The van der Waals surface area contributed by atoms with Crippen LogP contribution in [0.4, 0.5) is 21.6 Å². The van der Waals surface area contributed by atoms with Crippen LogP contribution in [0.2, 0.25) is 0 Å². The van der Waals surface area contributed by atoms with Gasteiger partial charge in [-0.15, -0.1) is 0 Å². The Balaban J connectivity index is 1.30. The summed E-state index contributed by atoms with van der Waals surface area (Å²) in [6, 6.07) is 18.5. The van der Waals surface area contributed by atoms with Gasteiger partial charge in [-0.2, -0.15) is 0 Å². The van der Waals surface area contributed by atoms with Crippen LogP contribution < -0.4 is 21.5 Å². The molecule has 240 valence electrons. The van der Waals surface area contributed by atoms with Gasteiger partial charge in [0.2, 0.25) is 0 Å². The summed E-state index contributed by atoms with van der Waals surface area (Å²) in [5.41, 5.74) is 2.21. The fourth-order valence-corrected chi connectivity index (χ4v) is 5.17. The molecule has 0 bridgehead atoms. The molecule has 1 unspecified atom stereocenters. The van der Waals surface area contributed by atoms with Crippen molar-refractivity contribution in [3.8, 4) is 11.3 Å². The average Bonchev–Trinajstić information content (AvgIpc) is 3.40. The van der Waals surface area contributed by atoms with Gasteiger partial charge >= 0.3 is 0 Å². The fraction of sp³-hybridized carbons (Fsp3) is 0.314. The molecule has 3 aromatic carbocycles. The number of aryl methyl sites for hydroxylation is 2. The number of benzene rings is 3. The number of aromatic nitrogens is 2. The third-order valence-corrected chi connectivity index (χ3v) is 7.62. The van der Waals surface area contributed by atoms with E-state index in [1.807, 2.05) is 26.0 Å². The lowest BCUT2D eigenvalue weighted by atomic mass is 10.0. The van der Waals surface area contributed by atoms with Crippen LogP contribution in [-0.2, 0) is 22.9 Å². The van der Waals surface area contributed by atoms with E-state index in [0.29, 0.717) is 30.0 Å². The number of ether oxygens (including phenoxy) is 2. The monoisotopic (exact) mass is 627 g/mol. The molecule has 46 heavy (non-hydrogen) atoms. The molecule has 1 atom stereocenters. The smallest absolute Gasteiger partial charge is 0.293 e. The molecule has 1 fully saturated rings. The summed E-state index contributed by atoms with van der Waals surface area (Å²) in [5, 5.41) is 8.53. The molecule has 1 aliphatic heterocycles. The Kier molecular flexibility index (Phi) is 9.93. The highest BCUT2D eigenvalue weighted by atomic mass is 19.1. The maximum Gasteiger partial charge on any atom is 0.293 e. The number of nitrogens with one attached hydrogen (secondary N) is 3. The van der Waals surface area contributed by atoms with E-state index in [9.17, 15) is 14.4 Å². The van der Waals surface area contributed by atoms with Crippen LogP contribution >= 0.6 is 0 Å². The van der Waals surface area contributed by atoms with Crippen LogP contribution in [0.5, 0.6) is 0 Å². The van der Waals surface area contributed by atoms with E-state index < -0.39 is 23.1 Å². The molecule has 1 aromatic heterocycles. The largest absolute Gasteiger partial charge is 0.349 e. The predicted octanol–water partition coefficient (Wildman–Crippen LogP) is 5.81. The molecule has 0 aliphatic carbocycles. The van der Waals surface area contributed by atoms with E-state index in [0.717, 1.165) is 24.8 Å². The van der Waals surface area contributed by atoms with Crippen molar-refractivity contribution in [1.82, 2.24) is 14.9 Å². The van der Waals surface area contributed by atoms with Gasteiger partial charge in [0.15, 0.2) is 17.4 Å². The molecule has 1 aliphatic rings. The zero-order valence-corrected chi connectivity index (χ0v) is 26.4. The molecular weight excluding hydrogens is 589 g/mol. The number of amides is 2. The SMILES string of the molecule is CCCCc1ccccc1C(=O)Nc1cccc(-c2cn(C)c(=O)c(Nc3ccc(C(=O)NCC4COC(C)(C)O4)cc3)n2)c1F. The summed E-state index contributed by atoms with van der Waals surface area (Å²) in [4.78, 5) is 43.2. The third kappa shape index (κ3) is 7.67. The van der Waals surface area contributed by atoms with Gasteiger partial charge < -0.3 is 30.0 Å². The number of anilines is 3. The van der Waals surface area contributed by atoms with Crippen molar-refractivity contribution >= 4 is 29.0 Å². The third-order valence-electron chi connectivity index (χ3n) is 7.62. The first kappa shape index (κ1) is 32.5. The Morgan fingerprint density at radius 2 is 1.80 bits per heavy atom. The van der Waals surface area contributed by atoms with E-state index >= 15 is 4.39 Å². The Labute approximate surface area is 267 Å². The molecule has 2 heterocycles. The number of hydrogen-bond acceptors (Lipinski definition) is 7. The number of halogens is 1. The number of rotatable bonds is 11. The second-order valence-electron chi connectivity index (χ2n) is 11.6. The standard InChI is InChI=1S/C35H38FN5O5/c1-5-6-10-22-11-7-8-12-26(22)33(43)40-28-14-9-13-27(30(28)36)29-20-41(4)34(44)31(39-29)38-24-17-15-23(16-18-24)32(42)37-19-25-21-45-35(2,3)46-25/h7-9,11-18,20,25H,5-6,10,19,21H2,1-4H3,(H,37,42)(H,38,39)(H,40,43). The highest BCUT2D eigenvalue weighted by Gasteiger charge is 2.32. The second-order valence-corrected chi connectivity index (χ2v) is 11.6. The van der Waals surface area contributed by atoms with Gasteiger partial charge in [0, 0.05) is 42.2 Å². The van der Waals surface area contributed by atoms with Crippen molar-refractivity contribution in [3.05, 3.63) is 106 Å². The predicted molar refractivity (Wildman–Crippen MR) is 175 cm³/mol. The van der Waals surface area contributed by atoms with Crippen LogP contribution in [0, 0.1) is 5.82 Å². The van der Waals surface area contributed by atoms with Crippen molar-refractivity contribution in [1.29, 1.82) is 0 Å². The lowest BCUT2D eigenvalue weighted by molar-refractivity contribution is -0.137. The number of carbonyl (C=O) groups is 2. The molecule has 2 amide bonds. The highest BCUT2D eigenvalue weighted by Crippen LogP contribution is 2.28. The minimum atomic E-state index is -0.674. The van der Waals surface area contributed by atoms with Crippen LogP contribution in [0.15, 0.2) is 77.7 Å². The number of hydrogen-bond donors (Lipinski definition) is 3. The topological polar surface area (TPSA) is 124 Å². The van der Waals surface area contributed by atoms with Gasteiger partial charge in [-0.25, -0.2) is 9.37 Å². The van der Waals surface area contributed by atoms with Crippen LogP contribution in [-0.4, -0.2) is 46.4 Å². The Morgan fingerprint density at radius 1 is 1.04 bits per heavy atom. The van der Waals surface area contributed by atoms with Crippen molar-refractivity contribution in [2.75, 3.05) is 23.8 Å². The number of carbonyl (C=O) groups excluding carboxylic acids is 2. The summed E-state index contributed by atoms with van der Waals surface area (Å²) in [5.74, 6) is -2.05. The molecule has 5 rings (SSSR count). The summed E-state index contributed by atoms with van der Waals surface area (Å²) in [6.07, 6.45) is 3.88. The van der Waals surface area contributed by atoms with Gasteiger partial charge in [0.05, 0.1) is 18.0 Å². The van der Waals surface area contributed by atoms with Crippen molar-refractivity contribution in [3.63, 3.8) is 0 Å². The van der Waals surface area contributed by atoms with Gasteiger partial charge in [-0.3, -0.25) is 14.4 Å². The first-order valence-electron chi connectivity index (χ1n) is 15.3. The van der Waals surface area contributed by atoms with Crippen molar-refractivity contribution < 1.29 is 23.5 Å². The summed E-state index contributed by atoms with van der Waals surface area (Å²) < 4.78 is 28.4. The van der Waals surface area contributed by atoms with E-state index in [4.69, 9.17) is 9.47 Å². The van der Waals surface area contributed by atoms with Crippen LogP contribution in [0.1, 0.15) is 59.9 Å².